The molecule has 0 radical (unpaired) electrons. The number of carbonyl (C=O) groups excluding carboxylic acids is 1. The zero-order chi connectivity index (χ0) is 8.98. The van der Waals surface area contributed by atoms with E-state index >= 15 is 0 Å². The topological polar surface area (TPSA) is 17.1 Å². The highest BCUT2D eigenvalue weighted by molar-refractivity contribution is 6.22. The normalized spacial score (nSPS) is 57.6. The molecule has 0 aromatic heterocycles. The number of carbonyl (C=O) groups is 1. The highest BCUT2D eigenvalue weighted by Gasteiger charge is 2.61. The average Bonchev–Trinajstić information content (AvgIpc) is 2.52. The smallest absolute Gasteiger partial charge is 0.127 e. The lowest BCUT2D eigenvalue weighted by molar-refractivity contribution is -0.120. The van der Waals surface area contributed by atoms with Crippen LogP contribution in [0.3, 0.4) is 0 Å². The fraction of sp³-hybridized carbons (Fsp3) is 0.900. The number of hydrogen-bond acceptors (Lipinski definition) is 1. The predicted molar refractivity (Wildman–Crippen MR) is 49.3 cm³/mol. The van der Waals surface area contributed by atoms with Gasteiger partial charge in [0.05, 0.1) is 0 Å². The van der Waals surface area contributed by atoms with E-state index in [1.807, 2.05) is 6.92 Å². The first-order valence-electron chi connectivity index (χ1n) is 4.64. The van der Waals surface area contributed by atoms with E-state index in [4.69, 9.17) is 11.6 Å². The van der Waals surface area contributed by atoms with Crippen molar-refractivity contribution in [1.82, 2.24) is 0 Å². The zero-order valence-corrected chi connectivity index (χ0v) is 8.40. The Morgan fingerprint density at radius 1 is 1.50 bits per heavy atom. The third-order valence-electron chi connectivity index (χ3n) is 4.31. The monoisotopic (exact) mass is 186 g/mol. The number of rotatable bonds is 1. The maximum absolute atomic E-state index is 11.0. The zero-order valence-electron chi connectivity index (χ0n) is 7.64. The van der Waals surface area contributed by atoms with Gasteiger partial charge in [0.15, 0.2) is 0 Å². The van der Waals surface area contributed by atoms with Gasteiger partial charge in [0, 0.05) is 10.8 Å². The second kappa shape index (κ2) is 2.25. The first-order chi connectivity index (χ1) is 5.53. The van der Waals surface area contributed by atoms with Crippen LogP contribution in [0.25, 0.3) is 0 Å². The maximum atomic E-state index is 11.0. The van der Waals surface area contributed by atoms with Gasteiger partial charge >= 0.3 is 0 Å². The molecule has 2 fully saturated rings. The van der Waals surface area contributed by atoms with Crippen LogP contribution in [0.4, 0.5) is 0 Å². The summed E-state index contributed by atoms with van der Waals surface area (Å²) in [6.07, 6.45) is 4.63. The summed E-state index contributed by atoms with van der Waals surface area (Å²) in [6, 6.07) is 0. The Kier molecular flexibility index (Phi) is 1.61. The summed E-state index contributed by atoms with van der Waals surface area (Å²) in [7, 11) is 0. The van der Waals surface area contributed by atoms with E-state index in [1.54, 1.807) is 0 Å². The molecule has 2 heteroatoms. The van der Waals surface area contributed by atoms with Gasteiger partial charge in [0.2, 0.25) is 0 Å². The molecule has 0 aliphatic heterocycles. The summed E-state index contributed by atoms with van der Waals surface area (Å²) in [6.45, 7) is 4.24. The van der Waals surface area contributed by atoms with Gasteiger partial charge in [-0.3, -0.25) is 0 Å². The van der Waals surface area contributed by atoms with Crippen molar-refractivity contribution in [3.8, 4) is 0 Å². The molecule has 12 heavy (non-hydrogen) atoms. The number of halogens is 1. The molecule has 68 valence electrons. The molecule has 0 amide bonds. The van der Waals surface area contributed by atoms with Gasteiger partial charge in [-0.1, -0.05) is 13.8 Å². The maximum Gasteiger partial charge on any atom is 0.127 e. The fourth-order valence-electron chi connectivity index (χ4n) is 3.06. The van der Waals surface area contributed by atoms with E-state index in [0.29, 0.717) is 5.92 Å². The molecule has 2 bridgehead atoms. The molecule has 0 aromatic rings. The van der Waals surface area contributed by atoms with E-state index in [1.165, 1.54) is 12.8 Å². The molecule has 1 nitrogen and oxygen atoms in total. The summed E-state index contributed by atoms with van der Waals surface area (Å²) in [4.78, 5) is 11.0. The number of aldehydes is 1. The lowest BCUT2D eigenvalue weighted by atomic mass is 9.66. The van der Waals surface area contributed by atoms with Crippen molar-refractivity contribution in [2.45, 2.75) is 38.5 Å². The number of hydrogen-bond donors (Lipinski definition) is 0. The Morgan fingerprint density at radius 3 is 2.50 bits per heavy atom. The lowest BCUT2D eigenvalue weighted by Crippen LogP contribution is -2.41. The predicted octanol–water partition coefficient (Wildman–Crippen LogP) is 2.62. The van der Waals surface area contributed by atoms with Crippen molar-refractivity contribution in [2.24, 2.45) is 16.7 Å². The summed E-state index contributed by atoms with van der Waals surface area (Å²) in [5.74, 6) is 0.590. The minimum absolute atomic E-state index is 0.0775. The molecule has 0 saturated heterocycles. The minimum Gasteiger partial charge on any atom is -0.303 e. The van der Waals surface area contributed by atoms with E-state index in [2.05, 4.69) is 6.92 Å². The van der Waals surface area contributed by atoms with Crippen LogP contribution in [0.15, 0.2) is 0 Å². The summed E-state index contributed by atoms with van der Waals surface area (Å²) >= 11 is 6.27. The molecule has 0 heterocycles. The molecule has 4 atom stereocenters. The molecule has 2 aliphatic carbocycles. The van der Waals surface area contributed by atoms with Crippen molar-refractivity contribution in [2.75, 3.05) is 0 Å². The Hall–Kier alpha value is -0.0400. The van der Waals surface area contributed by atoms with E-state index in [9.17, 15) is 4.79 Å². The highest BCUT2D eigenvalue weighted by atomic mass is 35.5. The van der Waals surface area contributed by atoms with Gasteiger partial charge < -0.3 is 4.79 Å². The molecule has 0 aromatic carbocycles. The molecular formula is C10H15ClO. The Labute approximate surface area is 78.5 Å². The Morgan fingerprint density at radius 2 is 2.17 bits per heavy atom. The Bertz CT molecular complexity index is 228. The van der Waals surface area contributed by atoms with E-state index in [-0.39, 0.29) is 16.2 Å². The van der Waals surface area contributed by atoms with Crippen LogP contribution in [0.1, 0.15) is 33.1 Å². The van der Waals surface area contributed by atoms with Crippen LogP contribution >= 0.6 is 11.6 Å². The van der Waals surface area contributed by atoms with Gasteiger partial charge in [-0.15, -0.1) is 11.6 Å². The average molecular weight is 187 g/mol. The molecule has 2 aliphatic rings. The first kappa shape index (κ1) is 8.55. The quantitative estimate of drug-likeness (QED) is 0.455. The molecule has 4 unspecified atom stereocenters. The Balaban J connectivity index is 2.41. The van der Waals surface area contributed by atoms with Crippen LogP contribution in [-0.2, 0) is 4.79 Å². The van der Waals surface area contributed by atoms with Gasteiger partial charge in [-0.2, -0.15) is 0 Å². The molecule has 0 N–H and O–H groups in total. The van der Waals surface area contributed by atoms with Crippen LogP contribution in [-0.4, -0.2) is 11.7 Å². The van der Waals surface area contributed by atoms with Crippen molar-refractivity contribution in [1.29, 1.82) is 0 Å². The van der Waals surface area contributed by atoms with Gasteiger partial charge in [0.1, 0.15) is 6.29 Å². The van der Waals surface area contributed by atoms with Crippen molar-refractivity contribution in [3.63, 3.8) is 0 Å². The van der Waals surface area contributed by atoms with E-state index in [0.717, 1.165) is 12.7 Å². The fourth-order valence-corrected chi connectivity index (χ4v) is 3.59. The minimum atomic E-state index is -0.266. The molecule has 2 rings (SSSR count). The standard InChI is InChI=1S/C10H15ClO/c1-9-4-3-7(5-9)8(11)10(9,2)6-12/h6-8H,3-5H2,1-2H3. The summed E-state index contributed by atoms with van der Waals surface area (Å²) in [5, 5.41) is 0.0775. The highest BCUT2D eigenvalue weighted by Crippen LogP contribution is 2.64. The van der Waals surface area contributed by atoms with Gasteiger partial charge in [-0.05, 0) is 30.6 Å². The largest absolute Gasteiger partial charge is 0.303 e. The SMILES string of the molecule is CC12CCC(C1)C(Cl)C2(C)C=O. The first-order valence-corrected chi connectivity index (χ1v) is 5.07. The molecule has 2 saturated carbocycles. The van der Waals surface area contributed by atoms with Crippen molar-refractivity contribution in [3.05, 3.63) is 0 Å². The third kappa shape index (κ3) is 0.736. The van der Waals surface area contributed by atoms with E-state index < -0.39 is 0 Å². The van der Waals surface area contributed by atoms with Gasteiger partial charge in [-0.25, -0.2) is 0 Å². The molecular weight excluding hydrogens is 172 g/mol. The van der Waals surface area contributed by atoms with Crippen molar-refractivity contribution >= 4 is 17.9 Å². The van der Waals surface area contributed by atoms with Crippen LogP contribution in [0, 0.1) is 16.7 Å². The summed E-state index contributed by atoms with van der Waals surface area (Å²) in [5.41, 5.74) is -0.0801. The number of alkyl halides is 1. The lowest BCUT2D eigenvalue weighted by Gasteiger charge is -2.40. The number of fused-ring (bicyclic) bond motifs is 2. The van der Waals surface area contributed by atoms with Crippen molar-refractivity contribution < 1.29 is 4.79 Å². The van der Waals surface area contributed by atoms with Crippen LogP contribution in [0.2, 0.25) is 0 Å². The van der Waals surface area contributed by atoms with Crippen LogP contribution in [0.5, 0.6) is 0 Å². The molecule has 0 spiro atoms. The summed E-state index contributed by atoms with van der Waals surface area (Å²) < 4.78 is 0. The second-order valence-corrected chi connectivity index (χ2v) is 5.34. The van der Waals surface area contributed by atoms with Crippen LogP contribution < -0.4 is 0 Å². The second-order valence-electron chi connectivity index (χ2n) is 4.87. The van der Waals surface area contributed by atoms with Gasteiger partial charge in [0.25, 0.3) is 0 Å². The third-order valence-corrected chi connectivity index (χ3v) is 5.12.